The molecule has 4 nitrogen and oxygen atoms in total. The van der Waals surface area contributed by atoms with Gasteiger partial charge in [0.1, 0.15) is 6.10 Å². The van der Waals surface area contributed by atoms with Gasteiger partial charge in [-0.2, -0.15) is 0 Å². The van der Waals surface area contributed by atoms with Crippen LogP contribution < -0.4 is 11.1 Å². The van der Waals surface area contributed by atoms with E-state index in [1.165, 1.54) is 0 Å². The number of carbonyl (C=O) groups excluding carboxylic acids is 1. The Bertz CT molecular complexity index is 129. The van der Waals surface area contributed by atoms with Gasteiger partial charge in [0.05, 0.1) is 0 Å². The summed E-state index contributed by atoms with van der Waals surface area (Å²) in [5, 5.41) is 12.0. The maximum Gasteiger partial charge on any atom is 0.247 e. The molecule has 1 amide bonds. The molecule has 0 aliphatic heterocycles. The first kappa shape index (κ1) is 14.9. The Morgan fingerprint density at radius 2 is 2.00 bits per heavy atom. The van der Waals surface area contributed by atoms with Crippen molar-refractivity contribution >= 4 is 5.91 Å². The Labute approximate surface area is 80.5 Å². The smallest absolute Gasteiger partial charge is 0.247 e. The first-order valence-corrected chi connectivity index (χ1v) is 4.78. The third kappa shape index (κ3) is 6.54. The fourth-order valence-corrected chi connectivity index (χ4v) is 0.969. The molecule has 0 aromatic rings. The molecule has 0 aliphatic carbocycles. The van der Waals surface area contributed by atoms with Crippen LogP contribution in [-0.4, -0.2) is 30.2 Å². The van der Waals surface area contributed by atoms with E-state index in [1.54, 1.807) is 7.05 Å². The van der Waals surface area contributed by atoms with E-state index in [0.717, 1.165) is 12.8 Å². The molecular weight excluding hydrogens is 168 g/mol. The molecule has 4 N–H and O–H groups in total. The maximum absolute atomic E-state index is 10.5. The summed E-state index contributed by atoms with van der Waals surface area (Å²) in [5.74, 6) is -0.669. The van der Waals surface area contributed by atoms with Crippen LogP contribution in [0.25, 0.3) is 0 Å². The van der Waals surface area contributed by atoms with Gasteiger partial charge in [0, 0.05) is 6.04 Å². The highest BCUT2D eigenvalue weighted by Crippen LogP contribution is 2.00. The molecule has 2 unspecified atom stereocenters. The molecular formula is C9H22N2O2. The van der Waals surface area contributed by atoms with E-state index in [4.69, 9.17) is 5.73 Å². The number of likely N-dealkylation sites (N-methyl/N-ethyl adjacent to an activating group) is 1. The molecule has 0 fully saturated rings. The lowest BCUT2D eigenvalue weighted by Crippen LogP contribution is -2.45. The minimum Gasteiger partial charge on any atom is -0.382 e. The van der Waals surface area contributed by atoms with Crippen LogP contribution in [0.2, 0.25) is 0 Å². The number of hydrogen-bond donors (Lipinski definition) is 3. The molecule has 13 heavy (non-hydrogen) atoms. The number of nitrogens with two attached hydrogens (primary N) is 1. The minimum atomic E-state index is -1.07. The first-order chi connectivity index (χ1) is 6.13. The normalized spacial score (nSPS) is 13.9. The van der Waals surface area contributed by atoms with Crippen LogP contribution in [0.15, 0.2) is 0 Å². The fraction of sp³-hybridized carbons (Fsp3) is 0.889. The van der Waals surface area contributed by atoms with Crippen LogP contribution in [0.1, 0.15) is 33.6 Å². The highest BCUT2D eigenvalue weighted by Gasteiger charge is 2.20. The van der Waals surface area contributed by atoms with E-state index in [2.05, 4.69) is 5.32 Å². The van der Waals surface area contributed by atoms with Gasteiger partial charge in [-0.3, -0.25) is 4.79 Å². The second-order valence-electron chi connectivity index (χ2n) is 2.53. The Hall–Kier alpha value is -0.610. The third-order valence-electron chi connectivity index (χ3n) is 1.64. The van der Waals surface area contributed by atoms with Crippen molar-refractivity contribution in [1.82, 2.24) is 5.32 Å². The van der Waals surface area contributed by atoms with Gasteiger partial charge in [-0.15, -0.1) is 0 Å². The van der Waals surface area contributed by atoms with Crippen LogP contribution >= 0.6 is 0 Å². The van der Waals surface area contributed by atoms with Gasteiger partial charge in [-0.25, -0.2) is 0 Å². The summed E-state index contributed by atoms with van der Waals surface area (Å²) >= 11 is 0. The minimum absolute atomic E-state index is 0.211. The summed E-state index contributed by atoms with van der Waals surface area (Å²) in [6.07, 6.45) is 0.594. The van der Waals surface area contributed by atoms with Crippen LogP contribution in [0, 0.1) is 0 Å². The van der Waals surface area contributed by atoms with Gasteiger partial charge in [-0.05, 0) is 13.5 Å². The van der Waals surface area contributed by atoms with E-state index in [-0.39, 0.29) is 6.04 Å². The SMILES string of the molecule is CC.CCCC(NC)C(O)C(N)=O. The lowest BCUT2D eigenvalue weighted by molar-refractivity contribution is -0.127. The predicted molar refractivity (Wildman–Crippen MR) is 54.3 cm³/mol. The molecule has 0 aromatic carbocycles. The van der Waals surface area contributed by atoms with Crippen LogP contribution in [0.4, 0.5) is 0 Å². The van der Waals surface area contributed by atoms with Crippen molar-refractivity contribution in [1.29, 1.82) is 0 Å². The van der Waals surface area contributed by atoms with Gasteiger partial charge < -0.3 is 16.2 Å². The van der Waals surface area contributed by atoms with Gasteiger partial charge in [0.25, 0.3) is 0 Å². The number of amides is 1. The molecule has 0 aliphatic rings. The highest BCUT2D eigenvalue weighted by atomic mass is 16.3. The van der Waals surface area contributed by atoms with Crippen LogP contribution in [-0.2, 0) is 4.79 Å². The molecule has 4 heteroatoms. The van der Waals surface area contributed by atoms with Gasteiger partial charge in [0.15, 0.2) is 0 Å². The zero-order valence-electron chi connectivity index (χ0n) is 9.00. The largest absolute Gasteiger partial charge is 0.382 e. The maximum atomic E-state index is 10.5. The molecule has 0 aromatic heterocycles. The Kier molecular flexibility index (Phi) is 10.9. The highest BCUT2D eigenvalue weighted by molar-refractivity contribution is 5.79. The standard InChI is InChI=1S/C7H16N2O2.C2H6/c1-3-4-5(9-2)6(10)7(8)11;1-2/h5-6,9-10H,3-4H2,1-2H3,(H2,8,11);1-2H3. The van der Waals surface area contributed by atoms with Crippen molar-refractivity contribution in [2.75, 3.05) is 7.05 Å². The molecule has 0 radical (unpaired) electrons. The molecule has 0 spiro atoms. The molecule has 0 heterocycles. The molecule has 0 saturated heterocycles. The number of aliphatic hydroxyl groups excluding tert-OH is 1. The van der Waals surface area contributed by atoms with Crippen molar-refractivity contribution in [2.24, 2.45) is 5.73 Å². The number of aliphatic hydroxyl groups is 1. The zero-order valence-corrected chi connectivity index (χ0v) is 9.00. The molecule has 2 atom stereocenters. The zero-order chi connectivity index (χ0) is 10.9. The quantitative estimate of drug-likeness (QED) is 0.581. The lowest BCUT2D eigenvalue weighted by atomic mass is 10.1. The van der Waals surface area contributed by atoms with E-state index in [0.29, 0.717) is 0 Å². The van der Waals surface area contributed by atoms with Crippen molar-refractivity contribution < 1.29 is 9.90 Å². The van der Waals surface area contributed by atoms with Crippen molar-refractivity contribution in [2.45, 2.75) is 45.8 Å². The average Bonchev–Trinajstić information content (AvgIpc) is 2.16. The topological polar surface area (TPSA) is 75.3 Å². The molecule has 0 saturated carbocycles. The molecule has 0 rings (SSSR count). The predicted octanol–water partition coefficient (Wildman–Crippen LogP) is 0.247. The van der Waals surface area contributed by atoms with E-state index in [9.17, 15) is 9.90 Å². The van der Waals surface area contributed by atoms with E-state index in [1.807, 2.05) is 20.8 Å². The summed E-state index contributed by atoms with van der Waals surface area (Å²) in [4.78, 5) is 10.5. The number of primary amides is 1. The Morgan fingerprint density at radius 1 is 1.54 bits per heavy atom. The molecule has 80 valence electrons. The Balaban J connectivity index is 0. The lowest BCUT2D eigenvalue weighted by Gasteiger charge is -2.18. The second kappa shape index (κ2) is 9.48. The number of rotatable bonds is 5. The fourth-order valence-electron chi connectivity index (χ4n) is 0.969. The van der Waals surface area contributed by atoms with E-state index < -0.39 is 12.0 Å². The summed E-state index contributed by atoms with van der Waals surface area (Å²) < 4.78 is 0. The second-order valence-corrected chi connectivity index (χ2v) is 2.53. The third-order valence-corrected chi connectivity index (χ3v) is 1.64. The Morgan fingerprint density at radius 3 is 2.23 bits per heavy atom. The van der Waals surface area contributed by atoms with Crippen LogP contribution in [0.5, 0.6) is 0 Å². The number of hydrogen-bond acceptors (Lipinski definition) is 3. The number of carbonyl (C=O) groups is 1. The van der Waals surface area contributed by atoms with Crippen molar-refractivity contribution in [3.05, 3.63) is 0 Å². The number of nitrogens with one attached hydrogen (secondary N) is 1. The van der Waals surface area contributed by atoms with Crippen molar-refractivity contribution in [3.63, 3.8) is 0 Å². The first-order valence-electron chi connectivity index (χ1n) is 4.78. The summed E-state index contributed by atoms with van der Waals surface area (Å²) in [5.41, 5.74) is 4.91. The summed E-state index contributed by atoms with van der Waals surface area (Å²) in [7, 11) is 1.70. The molecule has 0 bridgehead atoms. The van der Waals surface area contributed by atoms with Crippen LogP contribution in [0.3, 0.4) is 0 Å². The average molecular weight is 190 g/mol. The summed E-state index contributed by atoms with van der Waals surface area (Å²) in [6.45, 7) is 5.98. The van der Waals surface area contributed by atoms with E-state index >= 15 is 0 Å². The summed E-state index contributed by atoms with van der Waals surface area (Å²) in [6, 6.07) is -0.211. The van der Waals surface area contributed by atoms with Gasteiger partial charge in [0.2, 0.25) is 5.91 Å². The van der Waals surface area contributed by atoms with Crippen molar-refractivity contribution in [3.8, 4) is 0 Å². The van der Waals surface area contributed by atoms with Gasteiger partial charge >= 0.3 is 0 Å². The van der Waals surface area contributed by atoms with Gasteiger partial charge in [-0.1, -0.05) is 27.2 Å². The monoisotopic (exact) mass is 190 g/mol.